The highest BCUT2D eigenvalue weighted by Gasteiger charge is 2.22. The summed E-state index contributed by atoms with van der Waals surface area (Å²) in [6.45, 7) is 3.76. The first-order valence-corrected chi connectivity index (χ1v) is 10.0. The summed E-state index contributed by atoms with van der Waals surface area (Å²) in [5, 5.41) is 8.16. The van der Waals surface area contributed by atoms with Gasteiger partial charge in [-0.15, -0.1) is 34.0 Å². The number of rotatable bonds is 5. The molecule has 0 radical (unpaired) electrons. The highest BCUT2D eigenvalue weighted by Crippen LogP contribution is 2.33. The van der Waals surface area contributed by atoms with Gasteiger partial charge < -0.3 is 10.1 Å². The van der Waals surface area contributed by atoms with Gasteiger partial charge in [0, 0.05) is 10.3 Å². The minimum Gasteiger partial charge on any atom is -0.465 e. The van der Waals surface area contributed by atoms with Crippen LogP contribution in [-0.2, 0) is 16.0 Å². The molecule has 1 N–H and O–H groups in total. The molecule has 3 rings (SSSR count). The van der Waals surface area contributed by atoms with Crippen molar-refractivity contribution in [1.29, 1.82) is 0 Å². The van der Waals surface area contributed by atoms with Crippen molar-refractivity contribution in [2.45, 2.75) is 20.3 Å². The molecule has 0 aliphatic carbocycles. The lowest BCUT2D eigenvalue weighted by Gasteiger charge is -2.05. The molecule has 25 heavy (non-hydrogen) atoms. The fraction of sp³-hybridized carbons (Fsp3) is 0.235. The molecule has 0 aliphatic rings. The van der Waals surface area contributed by atoms with E-state index in [2.05, 4.69) is 10.3 Å². The van der Waals surface area contributed by atoms with Crippen molar-refractivity contribution in [3.05, 3.63) is 44.6 Å². The van der Waals surface area contributed by atoms with E-state index < -0.39 is 5.97 Å². The number of aromatic nitrogens is 1. The van der Waals surface area contributed by atoms with Crippen molar-refractivity contribution >= 4 is 50.9 Å². The number of nitrogens with one attached hydrogen (secondary N) is 1. The average Bonchev–Trinajstić information content (AvgIpc) is 3.29. The second kappa shape index (κ2) is 7.47. The van der Waals surface area contributed by atoms with E-state index in [1.165, 1.54) is 29.8 Å². The average molecular weight is 393 g/mol. The molecule has 3 aromatic heterocycles. The van der Waals surface area contributed by atoms with Gasteiger partial charge in [-0.05, 0) is 30.9 Å². The molecular weight excluding hydrogens is 376 g/mol. The van der Waals surface area contributed by atoms with Crippen LogP contribution in [0.2, 0.25) is 0 Å². The Morgan fingerprint density at radius 2 is 2.08 bits per heavy atom. The van der Waals surface area contributed by atoms with Gasteiger partial charge >= 0.3 is 5.97 Å². The first-order valence-electron chi connectivity index (χ1n) is 7.46. The third-order valence-electron chi connectivity index (χ3n) is 3.65. The van der Waals surface area contributed by atoms with E-state index in [1.807, 2.05) is 36.7 Å². The quantitative estimate of drug-likeness (QED) is 0.648. The molecule has 0 saturated carbocycles. The summed E-state index contributed by atoms with van der Waals surface area (Å²) in [6, 6.07) is 3.98. The Balaban J connectivity index is 1.73. The van der Waals surface area contributed by atoms with E-state index in [0.29, 0.717) is 10.6 Å². The maximum absolute atomic E-state index is 12.4. The predicted octanol–water partition coefficient (Wildman–Crippen LogP) is 4.52. The normalized spacial score (nSPS) is 10.7. The number of esters is 1. The molecule has 3 aromatic rings. The monoisotopic (exact) mass is 392 g/mol. The Hall–Kier alpha value is -2.03. The van der Waals surface area contributed by atoms with E-state index in [-0.39, 0.29) is 12.3 Å². The number of carbonyl (C=O) groups excluding carboxylic acids is 2. The number of anilines is 1. The van der Waals surface area contributed by atoms with Crippen LogP contribution < -0.4 is 5.32 Å². The summed E-state index contributed by atoms with van der Waals surface area (Å²) < 4.78 is 4.82. The first kappa shape index (κ1) is 17.8. The van der Waals surface area contributed by atoms with E-state index >= 15 is 0 Å². The van der Waals surface area contributed by atoms with Crippen LogP contribution in [0.4, 0.5) is 5.00 Å². The third kappa shape index (κ3) is 3.81. The van der Waals surface area contributed by atoms with E-state index in [1.54, 1.807) is 11.3 Å². The number of hydrogen-bond donors (Lipinski definition) is 1. The summed E-state index contributed by atoms with van der Waals surface area (Å²) in [4.78, 5) is 30.9. The lowest BCUT2D eigenvalue weighted by molar-refractivity contribution is -0.115. The summed E-state index contributed by atoms with van der Waals surface area (Å²) in [7, 11) is 1.34. The Labute approximate surface area is 157 Å². The maximum atomic E-state index is 12.4. The molecule has 0 aromatic carbocycles. The van der Waals surface area contributed by atoms with Crippen molar-refractivity contribution in [3.8, 4) is 9.88 Å². The minimum absolute atomic E-state index is 0.165. The number of methoxy groups -OCH3 is 1. The molecule has 130 valence electrons. The van der Waals surface area contributed by atoms with Crippen LogP contribution in [0.25, 0.3) is 9.88 Å². The van der Waals surface area contributed by atoms with Crippen LogP contribution in [0.3, 0.4) is 0 Å². The minimum atomic E-state index is -0.439. The zero-order valence-corrected chi connectivity index (χ0v) is 16.4. The van der Waals surface area contributed by atoms with Gasteiger partial charge in [-0.25, -0.2) is 9.78 Å². The van der Waals surface area contributed by atoms with Gasteiger partial charge in [0.15, 0.2) is 0 Å². The number of aryl methyl sites for hydroxylation is 1. The molecule has 0 fully saturated rings. The Morgan fingerprint density at radius 1 is 1.28 bits per heavy atom. The number of thiazole rings is 1. The topological polar surface area (TPSA) is 68.3 Å². The van der Waals surface area contributed by atoms with Gasteiger partial charge in [0.2, 0.25) is 5.91 Å². The number of thiophene rings is 2. The Morgan fingerprint density at radius 3 is 2.76 bits per heavy atom. The van der Waals surface area contributed by atoms with Gasteiger partial charge in [-0.1, -0.05) is 6.07 Å². The maximum Gasteiger partial charge on any atom is 0.341 e. The van der Waals surface area contributed by atoms with Crippen LogP contribution in [0.5, 0.6) is 0 Å². The third-order valence-corrected chi connectivity index (χ3v) is 6.71. The van der Waals surface area contributed by atoms with Crippen LogP contribution in [0.15, 0.2) is 22.9 Å². The zero-order valence-electron chi connectivity index (χ0n) is 13.9. The fourth-order valence-electron chi connectivity index (χ4n) is 2.30. The molecule has 8 heteroatoms. The van der Waals surface area contributed by atoms with E-state index in [0.717, 1.165) is 26.0 Å². The van der Waals surface area contributed by atoms with E-state index in [4.69, 9.17) is 4.74 Å². The van der Waals surface area contributed by atoms with Gasteiger partial charge in [0.25, 0.3) is 0 Å². The summed E-state index contributed by atoms with van der Waals surface area (Å²) in [5.41, 5.74) is 1.98. The molecule has 1 amide bonds. The van der Waals surface area contributed by atoms with Crippen LogP contribution in [-0.4, -0.2) is 24.0 Å². The molecule has 0 unspecified atom stereocenters. The number of nitrogens with zero attached hydrogens (tertiary/aromatic N) is 1. The summed E-state index contributed by atoms with van der Waals surface area (Å²) >= 11 is 4.52. The van der Waals surface area contributed by atoms with Gasteiger partial charge in [-0.2, -0.15) is 0 Å². The first-order chi connectivity index (χ1) is 12.0. The molecule has 0 aliphatic heterocycles. The zero-order chi connectivity index (χ0) is 18.0. The SMILES string of the molecule is COC(=O)c1c(NC(=O)Cc2csc(-c3cccs3)n2)sc(C)c1C. The molecular formula is C17H16N2O3S3. The second-order valence-corrected chi connectivity index (χ2v) is 8.36. The Kier molecular flexibility index (Phi) is 5.31. The van der Waals surface area contributed by atoms with E-state index in [9.17, 15) is 9.59 Å². The van der Waals surface area contributed by atoms with Gasteiger partial charge in [0.05, 0.1) is 29.7 Å². The largest absolute Gasteiger partial charge is 0.465 e. The number of carbonyl (C=O) groups is 2. The highest BCUT2D eigenvalue weighted by molar-refractivity contribution is 7.20. The molecule has 0 bridgehead atoms. The summed E-state index contributed by atoms with van der Waals surface area (Å²) in [6.07, 6.45) is 0.165. The van der Waals surface area contributed by atoms with Crippen molar-refractivity contribution in [1.82, 2.24) is 4.98 Å². The highest BCUT2D eigenvalue weighted by atomic mass is 32.1. The molecule has 0 atom stereocenters. The molecule has 0 spiro atoms. The van der Waals surface area contributed by atoms with Crippen LogP contribution in [0, 0.1) is 13.8 Å². The molecule has 0 saturated heterocycles. The van der Waals surface area contributed by atoms with Crippen molar-refractivity contribution < 1.29 is 14.3 Å². The van der Waals surface area contributed by atoms with Crippen molar-refractivity contribution in [2.75, 3.05) is 12.4 Å². The predicted molar refractivity (Wildman–Crippen MR) is 103 cm³/mol. The second-order valence-electron chi connectivity index (χ2n) is 5.33. The molecule has 3 heterocycles. The van der Waals surface area contributed by atoms with Crippen LogP contribution >= 0.6 is 34.0 Å². The Bertz CT molecular complexity index is 910. The smallest absolute Gasteiger partial charge is 0.341 e. The molecule has 5 nitrogen and oxygen atoms in total. The van der Waals surface area contributed by atoms with Crippen molar-refractivity contribution in [3.63, 3.8) is 0 Å². The summed E-state index contributed by atoms with van der Waals surface area (Å²) in [5.74, 6) is -0.639. The number of hydrogen-bond acceptors (Lipinski definition) is 7. The lowest BCUT2D eigenvalue weighted by atomic mass is 10.1. The fourth-order valence-corrected chi connectivity index (χ4v) is 5.00. The van der Waals surface area contributed by atoms with Gasteiger partial charge in [0.1, 0.15) is 10.0 Å². The number of amides is 1. The lowest BCUT2D eigenvalue weighted by Crippen LogP contribution is -2.16. The standard InChI is InChI=1S/C17H16N2O3S3/c1-9-10(2)25-16(14(9)17(21)22-3)19-13(20)7-11-8-24-15(18-11)12-5-4-6-23-12/h4-6,8H,7H2,1-3H3,(H,19,20). The number of ether oxygens (including phenoxy) is 1. The van der Waals surface area contributed by atoms with Gasteiger partial charge in [-0.3, -0.25) is 4.79 Å². The van der Waals surface area contributed by atoms with Crippen LogP contribution in [0.1, 0.15) is 26.5 Å². The van der Waals surface area contributed by atoms with Crippen molar-refractivity contribution in [2.24, 2.45) is 0 Å².